The summed E-state index contributed by atoms with van der Waals surface area (Å²) in [6.45, 7) is 1.60. The molecule has 2 aliphatic heterocycles. The molecular formula is C19H25N3O4. The summed E-state index contributed by atoms with van der Waals surface area (Å²) in [5.41, 5.74) is 4.42. The average molecular weight is 359 g/mol. The first kappa shape index (κ1) is 18.5. The summed E-state index contributed by atoms with van der Waals surface area (Å²) in [4.78, 5) is 23.4. The Morgan fingerprint density at radius 2 is 2.15 bits per heavy atom. The molecule has 0 spiro atoms. The lowest BCUT2D eigenvalue weighted by Gasteiger charge is -2.32. The average Bonchev–Trinajstić information content (AvgIpc) is 2.68. The van der Waals surface area contributed by atoms with Gasteiger partial charge in [-0.3, -0.25) is 9.59 Å². The van der Waals surface area contributed by atoms with Crippen LogP contribution in [-0.2, 0) is 25.7 Å². The molecule has 1 aromatic carbocycles. The minimum atomic E-state index is -0.154. The number of hydrazone groups is 1. The molecule has 7 heteroatoms. The van der Waals surface area contributed by atoms with E-state index in [0.29, 0.717) is 45.5 Å². The maximum absolute atomic E-state index is 12.3. The Labute approximate surface area is 153 Å². The Balaban J connectivity index is 1.45. The number of nitrogens with one attached hydrogen (secondary N) is 2. The van der Waals surface area contributed by atoms with Crippen molar-refractivity contribution in [2.75, 3.05) is 13.2 Å². The summed E-state index contributed by atoms with van der Waals surface area (Å²) in [6, 6.07) is 9.91. The molecular weight excluding hydrogens is 334 g/mol. The molecule has 26 heavy (non-hydrogen) atoms. The summed E-state index contributed by atoms with van der Waals surface area (Å²) in [7, 11) is 0. The highest BCUT2D eigenvalue weighted by molar-refractivity contribution is 5.94. The first-order valence-electron chi connectivity index (χ1n) is 9.07. The molecule has 2 amide bonds. The number of benzene rings is 1. The predicted octanol–water partition coefficient (Wildman–Crippen LogP) is 1.52. The summed E-state index contributed by atoms with van der Waals surface area (Å²) in [6.07, 6.45) is 2.57. The van der Waals surface area contributed by atoms with Crippen LogP contribution in [0.4, 0.5) is 0 Å². The van der Waals surface area contributed by atoms with Crippen molar-refractivity contribution in [2.45, 2.75) is 50.9 Å². The third-order valence-electron chi connectivity index (χ3n) is 4.58. The lowest BCUT2D eigenvalue weighted by Crippen LogP contribution is -2.50. The van der Waals surface area contributed by atoms with Crippen LogP contribution in [0.1, 0.15) is 37.7 Å². The van der Waals surface area contributed by atoms with Crippen molar-refractivity contribution in [3.63, 3.8) is 0 Å². The molecule has 2 N–H and O–H groups in total. The van der Waals surface area contributed by atoms with E-state index in [2.05, 4.69) is 15.8 Å². The second-order valence-electron chi connectivity index (χ2n) is 6.59. The van der Waals surface area contributed by atoms with Crippen molar-refractivity contribution >= 4 is 17.5 Å². The molecule has 1 aromatic rings. The fourth-order valence-electron chi connectivity index (χ4n) is 3.05. The van der Waals surface area contributed by atoms with Crippen LogP contribution >= 0.6 is 0 Å². The summed E-state index contributed by atoms with van der Waals surface area (Å²) in [5, 5.41) is 7.07. The van der Waals surface area contributed by atoms with E-state index in [1.54, 1.807) is 0 Å². The van der Waals surface area contributed by atoms with Gasteiger partial charge in [0.2, 0.25) is 11.8 Å². The Morgan fingerprint density at radius 1 is 1.31 bits per heavy atom. The second-order valence-corrected chi connectivity index (χ2v) is 6.59. The molecule has 2 atom stereocenters. The van der Waals surface area contributed by atoms with Crippen molar-refractivity contribution in [1.29, 1.82) is 0 Å². The van der Waals surface area contributed by atoms with Gasteiger partial charge in [0.15, 0.2) is 0 Å². The molecule has 2 heterocycles. The van der Waals surface area contributed by atoms with Crippen LogP contribution in [0.5, 0.6) is 0 Å². The van der Waals surface area contributed by atoms with Gasteiger partial charge in [0, 0.05) is 25.2 Å². The largest absolute Gasteiger partial charge is 0.379 e. The van der Waals surface area contributed by atoms with Crippen LogP contribution in [0.3, 0.4) is 0 Å². The first-order valence-corrected chi connectivity index (χ1v) is 9.07. The maximum atomic E-state index is 12.3. The van der Waals surface area contributed by atoms with Crippen LogP contribution in [0.2, 0.25) is 0 Å². The van der Waals surface area contributed by atoms with Crippen LogP contribution in [0.25, 0.3) is 0 Å². The molecule has 0 radical (unpaired) electrons. The third kappa shape index (κ3) is 5.64. The van der Waals surface area contributed by atoms with E-state index >= 15 is 0 Å². The molecule has 0 aromatic heterocycles. The van der Waals surface area contributed by atoms with Gasteiger partial charge in [0.05, 0.1) is 19.3 Å². The highest BCUT2D eigenvalue weighted by Crippen LogP contribution is 2.15. The summed E-state index contributed by atoms with van der Waals surface area (Å²) >= 11 is 0. The smallest absolute Gasteiger partial charge is 0.240 e. The quantitative estimate of drug-likeness (QED) is 0.773. The van der Waals surface area contributed by atoms with Crippen LogP contribution in [0.15, 0.2) is 35.4 Å². The van der Waals surface area contributed by atoms with E-state index in [1.807, 2.05) is 30.3 Å². The molecule has 0 saturated carbocycles. The highest BCUT2D eigenvalue weighted by Gasteiger charge is 2.28. The molecule has 140 valence electrons. The Hall–Kier alpha value is -2.25. The van der Waals surface area contributed by atoms with Crippen molar-refractivity contribution in [3.05, 3.63) is 35.9 Å². The zero-order valence-corrected chi connectivity index (χ0v) is 14.8. The van der Waals surface area contributed by atoms with Gasteiger partial charge in [-0.25, -0.2) is 5.43 Å². The lowest BCUT2D eigenvalue weighted by molar-refractivity contribution is -0.126. The molecule has 0 aliphatic carbocycles. The molecule has 1 fully saturated rings. The van der Waals surface area contributed by atoms with E-state index in [4.69, 9.17) is 9.47 Å². The van der Waals surface area contributed by atoms with Crippen LogP contribution in [-0.4, -0.2) is 42.9 Å². The van der Waals surface area contributed by atoms with Gasteiger partial charge in [-0.2, -0.15) is 5.10 Å². The normalized spacial score (nSPS) is 23.1. The van der Waals surface area contributed by atoms with Gasteiger partial charge in [0.25, 0.3) is 0 Å². The zero-order valence-electron chi connectivity index (χ0n) is 14.8. The zero-order chi connectivity index (χ0) is 18.2. The molecule has 0 unspecified atom stereocenters. The van der Waals surface area contributed by atoms with E-state index in [0.717, 1.165) is 17.7 Å². The van der Waals surface area contributed by atoms with Crippen molar-refractivity contribution in [2.24, 2.45) is 5.10 Å². The number of hydrogen-bond donors (Lipinski definition) is 2. The molecule has 0 bridgehead atoms. The monoisotopic (exact) mass is 359 g/mol. The van der Waals surface area contributed by atoms with E-state index < -0.39 is 0 Å². The summed E-state index contributed by atoms with van der Waals surface area (Å²) in [5.74, 6) is -0.0939. The highest BCUT2D eigenvalue weighted by atomic mass is 16.5. The summed E-state index contributed by atoms with van der Waals surface area (Å²) < 4.78 is 11.5. The fourth-order valence-corrected chi connectivity index (χ4v) is 3.05. The van der Waals surface area contributed by atoms with E-state index in [-0.39, 0.29) is 24.0 Å². The second kappa shape index (κ2) is 9.45. The number of carbonyl (C=O) groups excluding carboxylic acids is 2. The number of ether oxygens (including phenoxy) is 2. The molecule has 3 rings (SSSR count). The van der Waals surface area contributed by atoms with Crippen LogP contribution < -0.4 is 10.7 Å². The maximum Gasteiger partial charge on any atom is 0.240 e. The van der Waals surface area contributed by atoms with Crippen molar-refractivity contribution in [3.8, 4) is 0 Å². The Bertz CT molecular complexity index is 647. The van der Waals surface area contributed by atoms with Gasteiger partial charge in [0.1, 0.15) is 6.10 Å². The van der Waals surface area contributed by atoms with Gasteiger partial charge in [-0.15, -0.1) is 0 Å². The van der Waals surface area contributed by atoms with Gasteiger partial charge < -0.3 is 14.8 Å². The predicted molar refractivity (Wildman–Crippen MR) is 96.4 cm³/mol. The Kier molecular flexibility index (Phi) is 6.74. The van der Waals surface area contributed by atoms with Crippen molar-refractivity contribution in [1.82, 2.24) is 10.7 Å². The fraction of sp³-hybridized carbons (Fsp3) is 0.526. The third-order valence-corrected chi connectivity index (χ3v) is 4.58. The topological polar surface area (TPSA) is 89.0 Å². The number of amides is 2. The van der Waals surface area contributed by atoms with E-state index in [9.17, 15) is 9.59 Å². The SMILES string of the molecule is O=C1CCC(CCC(=O)N[C@@H]2CCOC[C@H]2OCc2ccccc2)=NN1. The van der Waals surface area contributed by atoms with Gasteiger partial charge >= 0.3 is 0 Å². The van der Waals surface area contributed by atoms with Gasteiger partial charge in [-0.05, 0) is 24.8 Å². The molecule has 2 aliphatic rings. The minimum absolute atomic E-state index is 0.0233. The minimum Gasteiger partial charge on any atom is -0.379 e. The first-order chi connectivity index (χ1) is 12.7. The molecule has 7 nitrogen and oxygen atoms in total. The van der Waals surface area contributed by atoms with Gasteiger partial charge in [-0.1, -0.05) is 30.3 Å². The number of rotatable bonds is 7. The Morgan fingerprint density at radius 3 is 2.92 bits per heavy atom. The number of carbonyl (C=O) groups is 2. The van der Waals surface area contributed by atoms with Crippen LogP contribution in [0, 0.1) is 0 Å². The standard InChI is InChI=1S/C19H25N3O4/c23-18(8-6-15-7-9-19(24)22-21-15)20-16-10-11-25-13-17(16)26-12-14-4-2-1-3-5-14/h1-5,16-17H,6-13H2,(H,20,23)(H,22,24)/t16-,17-/m1/s1. The molecule has 1 saturated heterocycles. The van der Waals surface area contributed by atoms with Crippen molar-refractivity contribution < 1.29 is 19.1 Å². The van der Waals surface area contributed by atoms with E-state index in [1.165, 1.54) is 0 Å². The number of hydrogen-bond acceptors (Lipinski definition) is 5. The number of nitrogens with zero attached hydrogens (tertiary/aromatic N) is 1. The lowest BCUT2D eigenvalue weighted by atomic mass is 10.0.